The van der Waals surface area contributed by atoms with E-state index >= 15 is 0 Å². The van der Waals surface area contributed by atoms with Crippen molar-refractivity contribution < 1.29 is 13.3 Å². The number of anilines is 1. The van der Waals surface area contributed by atoms with Crippen LogP contribution in [0, 0.1) is 10.1 Å². The number of alkyl halides is 1. The molecule has 0 unspecified atom stereocenters. The normalized spacial score (nSPS) is 11.2. The molecular weight excluding hydrogens is 291 g/mol. The van der Waals surface area contributed by atoms with Crippen LogP contribution in [0.2, 0.25) is 5.02 Å². The van der Waals surface area contributed by atoms with Gasteiger partial charge in [0.1, 0.15) is 10.2 Å². The third kappa shape index (κ3) is 2.99. The summed E-state index contributed by atoms with van der Waals surface area (Å²) in [5.74, 6) is 0. The van der Waals surface area contributed by atoms with E-state index in [0.717, 1.165) is 10.4 Å². The summed E-state index contributed by atoms with van der Waals surface area (Å²) in [4.78, 5) is 9.96. The van der Waals surface area contributed by atoms with Crippen molar-refractivity contribution in [1.82, 2.24) is 0 Å². The molecule has 0 spiro atoms. The molecule has 94 valence electrons. The highest BCUT2D eigenvalue weighted by atomic mass is 35.5. The molecule has 0 bridgehead atoms. The molecule has 6 nitrogen and oxygen atoms in total. The van der Waals surface area contributed by atoms with Crippen LogP contribution in [0.3, 0.4) is 0 Å². The first-order valence-electron chi connectivity index (χ1n) is 4.26. The quantitative estimate of drug-likeness (QED) is 0.485. The number of nitro benzene ring substituents is 1. The Labute approximate surface area is 108 Å². The van der Waals surface area contributed by atoms with Crippen LogP contribution >= 0.6 is 23.2 Å². The van der Waals surface area contributed by atoms with Crippen molar-refractivity contribution in [3.05, 3.63) is 33.3 Å². The lowest BCUT2D eigenvalue weighted by molar-refractivity contribution is -0.384. The average molecular weight is 299 g/mol. The number of nitrogens with zero attached hydrogens (tertiary/aromatic N) is 2. The Bertz CT molecular complexity index is 546. The van der Waals surface area contributed by atoms with Gasteiger partial charge in [-0.2, -0.15) is 0 Å². The second-order valence-electron chi connectivity index (χ2n) is 3.08. The molecule has 9 heteroatoms. The van der Waals surface area contributed by atoms with E-state index in [1.165, 1.54) is 19.2 Å². The zero-order chi connectivity index (χ0) is 13.2. The van der Waals surface area contributed by atoms with Crippen molar-refractivity contribution in [2.75, 3.05) is 16.6 Å². The van der Waals surface area contributed by atoms with Gasteiger partial charge < -0.3 is 0 Å². The van der Waals surface area contributed by atoms with Crippen LogP contribution in [0.1, 0.15) is 0 Å². The number of hydrogen-bond donors (Lipinski definition) is 0. The average Bonchev–Trinajstić information content (AvgIpc) is 2.28. The van der Waals surface area contributed by atoms with E-state index in [4.69, 9.17) is 23.2 Å². The molecular formula is C8H8Cl2N2O4S. The molecule has 0 aliphatic carbocycles. The van der Waals surface area contributed by atoms with Gasteiger partial charge in [-0.05, 0) is 12.1 Å². The maximum Gasteiger partial charge on any atom is 0.289 e. The van der Waals surface area contributed by atoms with Crippen molar-refractivity contribution in [3.8, 4) is 0 Å². The standard InChI is InChI=1S/C8H8Cl2N2O4S/c1-11(17(15,16)5-9)6-2-3-7(10)8(4-6)12(13)14/h2-4H,5H2,1H3. The summed E-state index contributed by atoms with van der Waals surface area (Å²) >= 11 is 10.9. The molecule has 0 fully saturated rings. The molecule has 0 atom stereocenters. The predicted octanol–water partition coefficient (Wildman–Crippen LogP) is 2.21. The minimum Gasteiger partial charge on any atom is -0.272 e. The number of benzene rings is 1. The van der Waals surface area contributed by atoms with Gasteiger partial charge in [-0.15, -0.1) is 11.6 Å². The Morgan fingerprint density at radius 3 is 2.53 bits per heavy atom. The molecule has 0 aromatic heterocycles. The highest BCUT2D eigenvalue weighted by Crippen LogP contribution is 2.29. The van der Waals surface area contributed by atoms with Gasteiger partial charge >= 0.3 is 0 Å². The number of sulfonamides is 1. The fourth-order valence-corrected chi connectivity index (χ4v) is 2.28. The Kier molecular flexibility index (Phi) is 4.18. The number of nitro groups is 1. The predicted molar refractivity (Wildman–Crippen MR) is 66.1 cm³/mol. The fraction of sp³-hybridized carbons (Fsp3) is 0.250. The zero-order valence-corrected chi connectivity index (χ0v) is 11.0. The van der Waals surface area contributed by atoms with Gasteiger partial charge in [0.05, 0.1) is 10.6 Å². The summed E-state index contributed by atoms with van der Waals surface area (Å²) in [6.07, 6.45) is 0. The minimum absolute atomic E-state index is 0.0598. The van der Waals surface area contributed by atoms with Gasteiger partial charge in [0.2, 0.25) is 10.0 Å². The molecule has 0 radical (unpaired) electrons. The van der Waals surface area contributed by atoms with Crippen molar-refractivity contribution in [2.24, 2.45) is 0 Å². The van der Waals surface area contributed by atoms with Crippen LogP contribution in [0.25, 0.3) is 0 Å². The molecule has 0 N–H and O–H groups in total. The Morgan fingerprint density at radius 1 is 1.47 bits per heavy atom. The summed E-state index contributed by atoms with van der Waals surface area (Å²) in [6.45, 7) is 0. The van der Waals surface area contributed by atoms with E-state index in [1.807, 2.05) is 0 Å². The number of hydrogen-bond acceptors (Lipinski definition) is 4. The SMILES string of the molecule is CN(c1ccc(Cl)c([N+](=O)[O-])c1)S(=O)(=O)CCl. The van der Waals surface area contributed by atoms with E-state index < -0.39 is 20.2 Å². The molecule has 1 rings (SSSR count). The van der Waals surface area contributed by atoms with Crippen molar-refractivity contribution in [3.63, 3.8) is 0 Å². The van der Waals surface area contributed by atoms with E-state index in [2.05, 4.69) is 0 Å². The van der Waals surface area contributed by atoms with Crippen LogP contribution in [0.15, 0.2) is 18.2 Å². The third-order valence-electron chi connectivity index (χ3n) is 2.05. The van der Waals surface area contributed by atoms with Crippen molar-refractivity contribution in [1.29, 1.82) is 0 Å². The highest BCUT2D eigenvalue weighted by molar-refractivity contribution is 7.93. The van der Waals surface area contributed by atoms with Crippen molar-refractivity contribution >= 4 is 44.6 Å². The second kappa shape index (κ2) is 5.07. The lowest BCUT2D eigenvalue weighted by atomic mass is 10.3. The molecule has 17 heavy (non-hydrogen) atoms. The molecule has 0 aliphatic rings. The van der Waals surface area contributed by atoms with Gasteiger partial charge in [-0.25, -0.2) is 8.42 Å². The van der Waals surface area contributed by atoms with E-state index in [0.29, 0.717) is 0 Å². The van der Waals surface area contributed by atoms with Gasteiger partial charge in [0, 0.05) is 13.1 Å². The smallest absolute Gasteiger partial charge is 0.272 e. The maximum absolute atomic E-state index is 11.5. The molecule has 1 aromatic carbocycles. The summed E-state index contributed by atoms with van der Waals surface area (Å²) in [5, 5.41) is 9.97. The van der Waals surface area contributed by atoms with E-state index in [-0.39, 0.29) is 16.4 Å². The monoisotopic (exact) mass is 298 g/mol. The topological polar surface area (TPSA) is 80.5 Å². The summed E-state index contributed by atoms with van der Waals surface area (Å²) in [6, 6.07) is 3.70. The number of halogens is 2. The van der Waals surface area contributed by atoms with Gasteiger partial charge in [-0.1, -0.05) is 11.6 Å². The van der Waals surface area contributed by atoms with E-state index in [9.17, 15) is 18.5 Å². The largest absolute Gasteiger partial charge is 0.289 e. The lowest BCUT2D eigenvalue weighted by Gasteiger charge is -2.17. The highest BCUT2D eigenvalue weighted by Gasteiger charge is 2.20. The second-order valence-corrected chi connectivity index (χ2v) is 6.07. The Hall–Kier alpha value is -1.05. The Balaban J connectivity index is 3.26. The van der Waals surface area contributed by atoms with Crippen LogP contribution < -0.4 is 4.31 Å². The molecule has 1 aromatic rings. The molecule has 0 aliphatic heterocycles. The van der Waals surface area contributed by atoms with Crippen molar-refractivity contribution in [2.45, 2.75) is 0 Å². The first-order chi connectivity index (χ1) is 7.79. The third-order valence-corrected chi connectivity index (χ3v) is 4.51. The molecule has 0 amide bonds. The zero-order valence-electron chi connectivity index (χ0n) is 8.63. The lowest BCUT2D eigenvalue weighted by Crippen LogP contribution is -2.27. The summed E-state index contributed by atoms with van der Waals surface area (Å²) in [5.41, 5.74) is -0.234. The summed E-state index contributed by atoms with van der Waals surface area (Å²) in [7, 11) is -2.42. The van der Waals surface area contributed by atoms with E-state index in [1.54, 1.807) is 0 Å². The van der Waals surface area contributed by atoms with Crippen LogP contribution in [0.4, 0.5) is 11.4 Å². The van der Waals surface area contributed by atoms with Gasteiger partial charge in [-0.3, -0.25) is 14.4 Å². The molecule has 0 saturated carbocycles. The minimum atomic E-state index is -3.67. The fourth-order valence-electron chi connectivity index (χ4n) is 1.07. The first kappa shape index (κ1) is 14.0. The van der Waals surface area contributed by atoms with Gasteiger partial charge in [0.25, 0.3) is 5.69 Å². The van der Waals surface area contributed by atoms with Crippen LogP contribution in [-0.4, -0.2) is 25.6 Å². The molecule has 0 heterocycles. The summed E-state index contributed by atoms with van der Waals surface area (Å²) < 4.78 is 23.8. The van der Waals surface area contributed by atoms with Crippen LogP contribution in [0.5, 0.6) is 0 Å². The maximum atomic E-state index is 11.5. The number of rotatable bonds is 4. The van der Waals surface area contributed by atoms with Crippen LogP contribution in [-0.2, 0) is 10.0 Å². The Morgan fingerprint density at radius 2 is 2.06 bits per heavy atom. The van der Waals surface area contributed by atoms with Gasteiger partial charge in [0.15, 0.2) is 0 Å². The molecule has 0 saturated heterocycles. The first-order valence-corrected chi connectivity index (χ1v) is 6.78.